The minimum atomic E-state index is -0.163. The number of carbonyl (C=O) groups excluding carboxylic acids is 1. The number of fused-ring (bicyclic) bond motifs is 1. The Morgan fingerprint density at radius 3 is 2.94 bits per heavy atom. The quantitative estimate of drug-likeness (QED) is 0.699. The van der Waals surface area contributed by atoms with E-state index in [-0.39, 0.29) is 19.0 Å². The molecule has 0 saturated heterocycles. The van der Waals surface area contributed by atoms with Gasteiger partial charge < -0.3 is 5.32 Å². The highest BCUT2D eigenvalue weighted by Crippen LogP contribution is 2.29. The molecule has 1 aromatic carbocycles. The first-order valence-corrected chi connectivity index (χ1v) is 4.71. The van der Waals surface area contributed by atoms with E-state index in [1.54, 1.807) is 18.2 Å². The third-order valence-electron chi connectivity index (χ3n) is 2.38. The van der Waals surface area contributed by atoms with Crippen LogP contribution >= 0.6 is 0 Å². The predicted octanol–water partition coefficient (Wildman–Crippen LogP) is 0.840. The Kier molecular flexibility index (Phi) is 2.45. The lowest BCUT2D eigenvalue weighted by Crippen LogP contribution is -2.40. The van der Waals surface area contributed by atoms with Crippen LogP contribution in [-0.2, 0) is 4.79 Å². The molecule has 0 aromatic heterocycles. The second-order valence-corrected chi connectivity index (χ2v) is 3.34. The average Bonchev–Trinajstić information content (AvgIpc) is 2.32. The van der Waals surface area contributed by atoms with Crippen LogP contribution in [0, 0.1) is 22.7 Å². The van der Waals surface area contributed by atoms with Crippen molar-refractivity contribution < 1.29 is 4.79 Å². The molecule has 0 atom stereocenters. The van der Waals surface area contributed by atoms with Gasteiger partial charge in [0, 0.05) is 0 Å². The summed E-state index contributed by atoms with van der Waals surface area (Å²) in [5.74, 6) is -0.163. The van der Waals surface area contributed by atoms with Crippen molar-refractivity contribution in [2.75, 3.05) is 23.3 Å². The molecule has 2 rings (SSSR count). The highest BCUT2D eigenvalue weighted by Gasteiger charge is 2.23. The molecule has 0 bridgehead atoms. The Balaban J connectivity index is 2.49. The summed E-state index contributed by atoms with van der Waals surface area (Å²) in [5, 5.41) is 20.4. The van der Waals surface area contributed by atoms with Crippen LogP contribution in [0.3, 0.4) is 0 Å². The molecule has 1 amide bonds. The highest BCUT2D eigenvalue weighted by atomic mass is 16.2. The zero-order valence-electron chi connectivity index (χ0n) is 8.40. The Labute approximate surface area is 92.5 Å². The Bertz CT molecular complexity index is 524. The zero-order chi connectivity index (χ0) is 11.5. The molecular weight excluding hydrogens is 204 g/mol. The topological polar surface area (TPSA) is 79.9 Å². The summed E-state index contributed by atoms with van der Waals surface area (Å²) in [6.45, 7) is 0.184. The number of hydrogen-bond donors (Lipinski definition) is 1. The second kappa shape index (κ2) is 3.92. The number of rotatable bonds is 1. The standard InChI is InChI=1S/C11H8N4O/c12-3-4-15-10-5-8(6-13)1-2-9(10)14-7-11(15)16/h1-2,5,14H,4,7H2. The van der Waals surface area contributed by atoms with Crippen LogP contribution in [0.15, 0.2) is 18.2 Å². The number of carbonyl (C=O) groups is 1. The van der Waals surface area contributed by atoms with Gasteiger partial charge >= 0.3 is 0 Å². The number of hydrogen-bond acceptors (Lipinski definition) is 4. The number of amides is 1. The number of nitrogens with zero attached hydrogens (tertiary/aromatic N) is 3. The first-order chi connectivity index (χ1) is 7.76. The summed E-state index contributed by atoms with van der Waals surface area (Å²) >= 11 is 0. The normalized spacial score (nSPS) is 13.4. The third kappa shape index (κ3) is 1.55. The maximum atomic E-state index is 11.6. The van der Waals surface area contributed by atoms with E-state index in [1.165, 1.54) is 4.90 Å². The number of nitriles is 2. The fraction of sp³-hybridized carbons (Fsp3) is 0.182. The summed E-state index contributed by atoms with van der Waals surface area (Å²) in [4.78, 5) is 13.0. The molecule has 0 radical (unpaired) electrons. The summed E-state index contributed by atoms with van der Waals surface area (Å²) in [7, 11) is 0. The molecule has 16 heavy (non-hydrogen) atoms. The van der Waals surface area contributed by atoms with Crippen LogP contribution in [0.2, 0.25) is 0 Å². The van der Waals surface area contributed by atoms with Crippen LogP contribution in [-0.4, -0.2) is 19.0 Å². The van der Waals surface area contributed by atoms with Gasteiger partial charge in [0.2, 0.25) is 5.91 Å². The molecule has 1 aliphatic rings. The van der Waals surface area contributed by atoms with Crippen LogP contribution in [0.4, 0.5) is 11.4 Å². The lowest BCUT2D eigenvalue weighted by atomic mass is 10.1. The van der Waals surface area contributed by atoms with Crippen molar-refractivity contribution in [1.29, 1.82) is 10.5 Å². The summed E-state index contributed by atoms with van der Waals surface area (Å²) in [6, 6.07) is 8.97. The Hall–Kier alpha value is -2.53. The van der Waals surface area contributed by atoms with Gasteiger partial charge in [-0.05, 0) is 18.2 Å². The van der Waals surface area contributed by atoms with Gasteiger partial charge in [0.25, 0.3) is 0 Å². The van der Waals surface area contributed by atoms with Gasteiger partial charge in [0.05, 0.1) is 35.6 Å². The van der Waals surface area contributed by atoms with E-state index in [9.17, 15) is 4.79 Å². The number of anilines is 2. The smallest absolute Gasteiger partial charge is 0.247 e. The van der Waals surface area contributed by atoms with Gasteiger partial charge in [-0.3, -0.25) is 9.69 Å². The molecule has 0 fully saturated rings. The third-order valence-corrected chi connectivity index (χ3v) is 2.38. The first kappa shape index (κ1) is 10.0. The molecule has 78 valence electrons. The maximum absolute atomic E-state index is 11.6. The SMILES string of the molecule is N#CCN1C(=O)CNc2ccc(C#N)cc21. The van der Waals surface area contributed by atoms with Crippen LogP contribution in [0.5, 0.6) is 0 Å². The lowest BCUT2D eigenvalue weighted by Gasteiger charge is -2.28. The molecule has 0 unspecified atom stereocenters. The molecule has 1 aromatic rings. The summed E-state index contributed by atoms with van der Waals surface area (Å²) in [5.41, 5.74) is 1.84. The Morgan fingerprint density at radius 1 is 1.44 bits per heavy atom. The molecule has 5 heteroatoms. The van der Waals surface area contributed by atoms with Crippen molar-refractivity contribution in [2.24, 2.45) is 0 Å². The first-order valence-electron chi connectivity index (χ1n) is 4.71. The molecule has 0 spiro atoms. The van der Waals surface area contributed by atoms with Crippen molar-refractivity contribution in [3.8, 4) is 12.1 Å². The minimum Gasteiger partial charge on any atom is -0.374 e. The molecule has 1 N–H and O–H groups in total. The molecule has 5 nitrogen and oxygen atoms in total. The van der Waals surface area contributed by atoms with E-state index in [4.69, 9.17) is 10.5 Å². The fourth-order valence-corrected chi connectivity index (χ4v) is 1.62. The molecular formula is C11H8N4O. The zero-order valence-corrected chi connectivity index (χ0v) is 8.40. The fourth-order valence-electron chi connectivity index (χ4n) is 1.62. The monoisotopic (exact) mass is 212 g/mol. The molecule has 0 saturated carbocycles. The molecule has 1 aliphatic heterocycles. The largest absolute Gasteiger partial charge is 0.374 e. The van der Waals surface area contributed by atoms with E-state index in [0.717, 1.165) is 5.69 Å². The van der Waals surface area contributed by atoms with Gasteiger partial charge in [-0.15, -0.1) is 0 Å². The average molecular weight is 212 g/mol. The molecule has 0 aliphatic carbocycles. The van der Waals surface area contributed by atoms with E-state index in [1.807, 2.05) is 12.1 Å². The Morgan fingerprint density at radius 2 is 2.25 bits per heavy atom. The predicted molar refractivity (Wildman–Crippen MR) is 57.6 cm³/mol. The number of nitrogens with one attached hydrogen (secondary N) is 1. The van der Waals surface area contributed by atoms with Gasteiger partial charge in [-0.25, -0.2) is 0 Å². The summed E-state index contributed by atoms with van der Waals surface area (Å²) in [6.07, 6.45) is 0. The van der Waals surface area contributed by atoms with Gasteiger partial charge in [0.15, 0.2) is 0 Å². The van der Waals surface area contributed by atoms with E-state index in [0.29, 0.717) is 11.3 Å². The van der Waals surface area contributed by atoms with Crippen molar-refractivity contribution in [3.05, 3.63) is 23.8 Å². The van der Waals surface area contributed by atoms with Crippen molar-refractivity contribution >= 4 is 17.3 Å². The molecule has 1 heterocycles. The lowest BCUT2D eigenvalue weighted by molar-refractivity contribution is -0.117. The summed E-state index contributed by atoms with van der Waals surface area (Å²) < 4.78 is 0. The van der Waals surface area contributed by atoms with Crippen LogP contribution in [0.1, 0.15) is 5.56 Å². The van der Waals surface area contributed by atoms with E-state index in [2.05, 4.69) is 5.32 Å². The van der Waals surface area contributed by atoms with Crippen molar-refractivity contribution in [2.45, 2.75) is 0 Å². The maximum Gasteiger partial charge on any atom is 0.247 e. The van der Waals surface area contributed by atoms with Crippen LogP contribution in [0.25, 0.3) is 0 Å². The van der Waals surface area contributed by atoms with Gasteiger partial charge in [-0.2, -0.15) is 10.5 Å². The van der Waals surface area contributed by atoms with Gasteiger partial charge in [-0.1, -0.05) is 0 Å². The minimum absolute atomic E-state index is 0.00238. The van der Waals surface area contributed by atoms with Crippen molar-refractivity contribution in [3.63, 3.8) is 0 Å². The number of benzene rings is 1. The second-order valence-electron chi connectivity index (χ2n) is 3.34. The van der Waals surface area contributed by atoms with E-state index >= 15 is 0 Å². The van der Waals surface area contributed by atoms with Gasteiger partial charge in [0.1, 0.15) is 6.54 Å². The van der Waals surface area contributed by atoms with E-state index < -0.39 is 0 Å². The van der Waals surface area contributed by atoms with Crippen molar-refractivity contribution in [1.82, 2.24) is 0 Å². The van der Waals surface area contributed by atoms with Crippen LogP contribution < -0.4 is 10.2 Å². The highest BCUT2D eigenvalue weighted by molar-refractivity contribution is 6.03.